The van der Waals surface area contributed by atoms with Crippen molar-refractivity contribution in [1.29, 1.82) is 5.26 Å². The number of aliphatic hydroxyl groups is 1. The van der Waals surface area contributed by atoms with Crippen molar-refractivity contribution in [2.45, 2.75) is 19.7 Å². The molecule has 1 rings (SSSR count). The third-order valence-corrected chi connectivity index (χ3v) is 2.33. The van der Waals surface area contributed by atoms with Gasteiger partial charge in [0, 0.05) is 0 Å². The Labute approximate surface area is 107 Å². The second-order valence-electron chi connectivity index (χ2n) is 3.54. The van der Waals surface area contributed by atoms with Gasteiger partial charge < -0.3 is 9.84 Å². The van der Waals surface area contributed by atoms with Crippen molar-refractivity contribution in [2.75, 3.05) is 6.61 Å². The molecule has 0 aliphatic carbocycles. The average Bonchev–Trinajstić information content (AvgIpc) is 2.36. The zero-order valence-corrected chi connectivity index (χ0v) is 9.91. The molecule has 1 N–H and O–H groups in total. The Balaban J connectivity index is 3.45. The first-order valence-electron chi connectivity index (χ1n) is 5.27. The number of carbonyl (C=O) groups excluding carboxylic acids is 1. The smallest absolute Gasteiger partial charge is 0.417 e. The third-order valence-electron chi connectivity index (χ3n) is 2.33. The molecule has 102 valence electrons. The standard InChI is InChI=1S/C12H10F3NO3/c1-2-19-11(18)9-3-7(5-16)10(12(13,14)15)4-8(9)6-17/h3-4,17H,2,6H2,1H3. The second-order valence-corrected chi connectivity index (χ2v) is 3.54. The lowest BCUT2D eigenvalue weighted by Crippen LogP contribution is -2.14. The number of ether oxygens (including phenoxy) is 1. The molecule has 1 aromatic carbocycles. The van der Waals surface area contributed by atoms with E-state index in [1.165, 1.54) is 13.0 Å². The minimum absolute atomic E-state index is 0.0343. The molecule has 0 amide bonds. The van der Waals surface area contributed by atoms with Gasteiger partial charge in [-0.2, -0.15) is 18.4 Å². The van der Waals surface area contributed by atoms with Gasteiger partial charge in [-0.05, 0) is 24.6 Å². The van der Waals surface area contributed by atoms with E-state index in [9.17, 15) is 18.0 Å². The van der Waals surface area contributed by atoms with E-state index in [2.05, 4.69) is 4.74 Å². The van der Waals surface area contributed by atoms with E-state index in [1.54, 1.807) is 0 Å². The SMILES string of the molecule is CCOC(=O)c1cc(C#N)c(C(F)(F)F)cc1CO. The number of carbonyl (C=O) groups is 1. The summed E-state index contributed by atoms with van der Waals surface area (Å²) in [5.74, 6) is -0.878. The van der Waals surface area contributed by atoms with Gasteiger partial charge >= 0.3 is 12.1 Å². The summed E-state index contributed by atoms with van der Waals surface area (Å²) in [4.78, 5) is 11.5. The lowest BCUT2D eigenvalue weighted by Gasteiger charge is -2.13. The minimum Gasteiger partial charge on any atom is -0.462 e. The Hall–Kier alpha value is -2.07. The third kappa shape index (κ3) is 3.23. The Morgan fingerprint density at radius 2 is 2.11 bits per heavy atom. The monoisotopic (exact) mass is 273 g/mol. The largest absolute Gasteiger partial charge is 0.462 e. The number of aliphatic hydroxyl groups excluding tert-OH is 1. The molecule has 0 aliphatic rings. The van der Waals surface area contributed by atoms with E-state index in [0.717, 1.165) is 6.07 Å². The van der Waals surface area contributed by atoms with Crippen LogP contribution in [0.3, 0.4) is 0 Å². The van der Waals surface area contributed by atoms with E-state index in [0.29, 0.717) is 6.07 Å². The summed E-state index contributed by atoms with van der Waals surface area (Å²) in [7, 11) is 0. The highest BCUT2D eigenvalue weighted by Gasteiger charge is 2.35. The van der Waals surface area contributed by atoms with Gasteiger partial charge in [-0.1, -0.05) is 0 Å². The van der Waals surface area contributed by atoms with Crippen LogP contribution in [0.2, 0.25) is 0 Å². The molecule has 0 unspecified atom stereocenters. The molecule has 4 nitrogen and oxygen atoms in total. The lowest BCUT2D eigenvalue weighted by molar-refractivity contribution is -0.137. The van der Waals surface area contributed by atoms with Crippen LogP contribution in [0.5, 0.6) is 0 Å². The van der Waals surface area contributed by atoms with Crippen molar-refractivity contribution < 1.29 is 27.8 Å². The Kier molecular flexibility index (Phi) is 4.51. The summed E-state index contributed by atoms with van der Waals surface area (Å²) in [5, 5.41) is 17.7. The fourth-order valence-electron chi connectivity index (χ4n) is 1.50. The van der Waals surface area contributed by atoms with Crippen molar-refractivity contribution in [3.63, 3.8) is 0 Å². The van der Waals surface area contributed by atoms with Gasteiger partial charge in [-0.15, -0.1) is 0 Å². The molecule has 0 radical (unpaired) electrons. The van der Waals surface area contributed by atoms with Crippen LogP contribution in [-0.2, 0) is 17.5 Å². The molecule has 0 aromatic heterocycles. The molecule has 1 aromatic rings. The maximum atomic E-state index is 12.7. The van der Waals surface area contributed by atoms with E-state index >= 15 is 0 Å². The van der Waals surface area contributed by atoms with Crippen molar-refractivity contribution in [3.8, 4) is 6.07 Å². The molecule has 0 atom stereocenters. The normalized spacial score (nSPS) is 10.9. The van der Waals surface area contributed by atoms with E-state index in [4.69, 9.17) is 10.4 Å². The Morgan fingerprint density at radius 1 is 1.47 bits per heavy atom. The Bertz CT molecular complexity index is 532. The molecule has 0 saturated carbocycles. The summed E-state index contributed by atoms with van der Waals surface area (Å²) >= 11 is 0. The molecule has 0 saturated heterocycles. The highest BCUT2D eigenvalue weighted by atomic mass is 19.4. The predicted molar refractivity (Wildman–Crippen MR) is 58.0 cm³/mol. The van der Waals surface area contributed by atoms with Gasteiger partial charge in [0.05, 0.1) is 36.0 Å². The highest BCUT2D eigenvalue weighted by molar-refractivity contribution is 5.91. The molecular weight excluding hydrogens is 263 g/mol. The molecular formula is C12H10F3NO3. The first kappa shape index (κ1) is 15.0. The molecule has 0 aliphatic heterocycles. The topological polar surface area (TPSA) is 70.3 Å². The molecule has 0 spiro atoms. The zero-order valence-electron chi connectivity index (χ0n) is 9.91. The second kappa shape index (κ2) is 5.71. The summed E-state index contributed by atoms with van der Waals surface area (Å²) in [6.07, 6.45) is -4.73. The molecule has 19 heavy (non-hydrogen) atoms. The van der Waals surface area contributed by atoms with Gasteiger partial charge in [-0.25, -0.2) is 4.79 Å². The number of hydrogen-bond acceptors (Lipinski definition) is 4. The first-order chi connectivity index (χ1) is 8.85. The molecule has 0 fully saturated rings. The predicted octanol–water partition coefficient (Wildman–Crippen LogP) is 2.25. The molecule has 0 bridgehead atoms. The maximum absolute atomic E-state index is 12.7. The van der Waals surface area contributed by atoms with Gasteiger partial charge in [-0.3, -0.25) is 0 Å². The van der Waals surface area contributed by atoms with Gasteiger partial charge in [0.1, 0.15) is 0 Å². The van der Waals surface area contributed by atoms with E-state index in [-0.39, 0.29) is 17.7 Å². The number of hydrogen-bond donors (Lipinski definition) is 1. The molecule has 0 heterocycles. The quantitative estimate of drug-likeness (QED) is 0.857. The van der Waals surface area contributed by atoms with Crippen molar-refractivity contribution in [3.05, 3.63) is 34.4 Å². The van der Waals surface area contributed by atoms with Crippen LogP contribution in [0.25, 0.3) is 0 Å². The fourth-order valence-corrected chi connectivity index (χ4v) is 1.50. The van der Waals surface area contributed by atoms with Crippen molar-refractivity contribution in [1.82, 2.24) is 0 Å². The van der Waals surface area contributed by atoms with Crippen LogP contribution in [0.4, 0.5) is 13.2 Å². The van der Waals surface area contributed by atoms with E-state index < -0.39 is 29.9 Å². The van der Waals surface area contributed by atoms with Crippen LogP contribution in [0.1, 0.15) is 34.0 Å². The minimum atomic E-state index is -4.73. The number of halogens is 3. The summed E-state index contributed by atoms with van der Waals surface area (Å²) in [6.45, 7) is 0.807. The lowest BCUT2D eigenvalue weighted by atomic mass is 9.99. The summed E-state index contributed by atoms with van der Waals surface area (Å²) < 4.78 is 42.7. The van der Waals surface area contributed by atoms with Crippen molar-refractivity contribution >= 4 is 5.97 Å². The number of alkyl halides is 3. The number of benzene rings is 1. The number of esters is 1. The first-order valence-corrected chi connectivity index (χ1v) is 5.27. The van der Waals surface area contributed by atoms with Gasteiger partial charge in [0.15, 0.2) is 0 Å². The number of nitrogens with zero attached hydrogens (tertiary/aromatic N) is 1. The van der Waals surface area contributed by atoms with Crippen molar-refractivity contribution in [2.24, 2.45) is 0 Å². The zero-order chi connectivity index (χ0) is 14.6. The Morgan fingerprint density at radius 3 is 2.53 bits per heavy atom. The number of nitriles is 1. The van der Waals surface area contributed by atoms with Crippen LogP contribution in [0, 0.1) is 11.3 Å². The van der Waals surface area contributed by atoms with Crippen LogP contribution < -0.4 is 0 Å². The van der Waals surface area contributed by atoms with Gasteiger partial charge in [0.25, 0.3) is 0 Å². The fraction of sp³-hybridized carbons (Fsp3) is 0.333. The van der Waals surface area contributed by atoms with Gasteiger partial charge in [0.2, 0.25) is 0 Å². The number of rotatable bonds is 3. The maximum Gasteiger partial charge on any atom is 0.417 e. The highest BCUT2D eigenvalue weighted by Crippen LogP contribution is 2.33. The van der Waals surface area contributed by atoms with Crippen LogP contribution in [0.15, 0.2) is 12.1 Å². The van der Waals surface area contributed by atoms with Crippen LogP contribution >= 0.6 is 0 Å². The van der Waals surface area contributed by atoms with Crippen LogP contribution in [-0.4, -0.2) is 17.7 Å². The average molecular weight is 273 g/mol. The summed E-state index contributed by atoms with van der Waals surface area (Å²) in [5.41, 5.74) is -2.35. The van der Waals surface area contributed by atoms with E-state index in [1.807, 2.05) is 0 Å². The molecule has 7 heteroatoms. The summed E-state index contributed by atoms with van der Waals surface area (Å²) in [6, 6.07) is 2.75.